The lowest BCUT2D eigenvalue weighted by molar-refractivity contribution is -0.122. The van der Waals surface area contributed by atoms with E-state index in [9.17, 15) is 14.7 Å². The lowest BCUT2D eigenvalue weighted by Crippen LogP contribution is -2.38. The van der Waals surface area contributed by atoms with Gasteiger partial charge in [-0.25, -0.2) is 0 Å². The molecule has 0 saturated carbocycles. The number of Topliss-reactive ketones (excluding diaryl/α,β-unsaturated/α-hetero) is 1. The monoisotopic (exact) mass is 263 g/mol. The van der Waals surface area contributed by atoms with Crippen LogP contribution in [0.5, 0.6) is 0 Å². The van der Waals surface area contributed by atoms with E-state index in [1.54, 1.807) is 26.0 Å². The van der Waals surface area contributed by atoms with Crippen LogP contribution in [0.15, 0.2) is 24.3 Å². The zero-order valence-corrected chi connectivity index (χ0v) is 11.7. The van der Waals surface area contributed by atoms with E-state index in [0.29, 0.717) is 5.56 Å². The molecule has 1 amide bonds. The summed E-state index contributed by atoms with van der Waals surface area (Å²) in [7, 11) is 0. The predicted octanol–water partition coefficient (Wildman–Crippen LogP) is 1.85. The standard InChI is InChI=1S/C15H21NO3/c1-11-4-6-12(7-5-11)13(17)8-9-14(18)16-10-15(2,3)19/h4-7,19H,8-10H2,1-3H3,(H,16,18). The topological polar surface area (TPSA) is 66.4 Å². The first-order chi connectivity index (χ1) is 8.78. The maximum absolute atomic E-state index is 11.8. The minimum absolute atomic E-state index is 0.0431. The van der Waals surface area contributed by atoms with Crippen LogP contribution in [0.1, 0.15) is 42.6 Å². The Bertz CT molecular complexity index is 443. The van der Waals surface area contributed by atoms with Gasteiger partial charge in [0.15, 0.2) is 5.78 Å². The largest absolute Gasteiger partial charge is 0.389 e. The highest BCUT2D eigenvalue weighted by Crippen LogP contribution is 2.07. The zero-order chi connectivity index (χ0) is 14.5. The second kappa shape index (κ2) is 6.48. The molecule has 0 aromatic heterocycles. The van der Waals surface area contributed by atoms with Crippen molar-refractivity contribution in [2.45, 2.75) is 39.2 Å². The Morgan fingerprint density at radius 3 is 2.26 bits per heavy atom. The molecule has 0 spiro atoms. The van der Waals surface area contributed by atoms with Crippen molar-refractivity contribution in [1.82, 2.24) is 5.32 Å². The molecule has 0 unspecified atom stereocenters. The Morgan fingerprint density at radius 2 is 1.74 bits per heavy atom. The summed E-state index contributed by atoms with van der Waals surface area (Å²) in [6, 6.07) is 7.29. The summed E-state index contributed by atoms with van der Waals surface area (Å²) in [4.78, 5) is 23.3. The first-order valence-corrected chi connectivity index (χ1v) is 6.37. The molecule has 0 aliphatic rings. The van der Waals surface area contributed by atoms with Gasteiger partial charge in [-0.2, -0.15) is 0 Å². The van der Waals surface area contributed by atoms with Gasteiger partial charge in [0.25, 0.3) is 0 Å². The fourth-order valence-corrected chi connectivity index (χ4v) is 1.51. The van der Waals surface area contributed by atoms with Crippen molar-refractivity contribution < 1.29 is 14.7 Å². The first-order valence-electron chi connectivity index (χ1n) is 6.37. The number of aryl methyl sites for hydroxylation is 1. The van der Waals surface area contributed by atoms with Crippen molar-refractivity contribution in [2.75, 3.05) is 6.54 Å². The van der Waals surface area contributed by atoms with Crippen LogP contribution in [0.25, 0.3) is 0 Å². The Kier molecular flexibility index (Phi) is 5.24. The number of amides is 1. The van der Waals surface area contributed by atoms with Crippen molar-refractivity contribution >= 4 is 11.7 Å². The average molecular weight is 263 g/mol. The van der Waals surface area contributed by atoms with Crippen molar-refractivity contribution in [3.05, 3.63) is 35.4 Å². The molecule has 0 atom stereocenters. The lowest BCUT2D eigenvalue weighted by Gasteiger charge is -2.17. The lowest BCUT2D eigenvalue weighted by atomic mass is 10.0. The molecule has 0 radical (unpaired) electrons. The van der Waals surface area contributed by atoms with Gasteiger partial charge in [-0.05, 0) is 20.8 Å². The molecule has 1 rings (SSSR count). The quantitative estimate of drug-likeness (QED) is 0.770. The predicted molar refractivity (Wildman–Crippen MR) is 74.1 cm³/mol. The minimum Gasteiger partial charge on any atom is -0.389 e. The van der Waals surface area contributed by atoms with Gasteiger partial charge in [0, 0.05) is 24.9 Å². The molecule has 0 aliphatic heterocycles. The molecular weight excluding hydrogens is 242 g/mol. The number of aliphatic hydroxyl groups is 1. The van der Waals surface area contributed by atoms with E-state index in [1.165, 1.54) is 0 Å². The van der Waals surface area contributed by atoms with Gasteiger partial charge in [-0.3, -0.25) is 9.59 Å². The third-order valence-electron chi connectivity index (χ3n) is 2.67. The fraction of sp³-hybridized carbons (Fsp3) is 0.467. The summed E-state index contributed by atoms with van der Waals surface area (Å²) in [6.45, 7) is 5.37. The number of hydrogen-bond acceptors (Lipinski definition) is 3. The van der Waals surface area contributed by atoms with Crippen molar-refractivity contribution in [1.29, 1.82) is 0 Å². The van der Waals surface area contributed by atoms with Crippen LogP contribution < -0.4 is 5.32 Å². The van der Waals surface area contributed by atoms with E-state index < -0.39 is 5.60 Å². The minimum atomic E-state index is -0.934. The van der Waals surface area contributed by atoms with E-state index in [1.807, 2.05) is 19.1 Å². The van der Waals surface area contributed by atoms with Gasteiger partial charge in [0.2, 0.25) is 5.91 Å². The molecule has 4 heteroatoms. The van der Waals surface area contributed by atoms with E-state index >= 15 is 0 Å². The molecule has 2 N–H and O–H groups in total. The second-order valence-corrected chi connectivity index (χ2v) is 5.38. The highest BCUT2D eigenvalue weighted by molar-refractivity contribution is 5.97. The van der Waals surface area contributed by atoms with Gasteiger partial charge < -0.3 is 10.4 Å². The SMILES string of the molecule is Cc1ccc(C(=O)CCC(=O)NCC(C)(C)O)cc1. The van der Waals surface area contributed by atoms with E-state index in [-0.39, 0.29) is 31.1 Å². The van der Waals surface area contributed by atoms with E-state index in [0.717, 1.165) is 5.56 Å². The fourth-order valence-electron chi connectivity index (χ4n) is 1.51. The maximum atomic E-state index is 11.8. The molecule has 0 bridgehead atoms. The number of carbonyl (C=O) groups excluding carboxylic acids is 2. The van der Waals surface area contributed by atoms with Gasteiger partial charge in [0.05, 0.1) is 5.60 Å². The number of rotatable bonds is 6. The zero-order valence-electron chi connectivity index (χ0n) is 11.7. The van der Waals surface area contributed by atoms with Gasteiger partial charge in [-0.15, -0.1) is 0 Å². The summed E-state index contributed by atoms with van der Waals surface area (Å²) in [5, 5.41) is 12.1. The molecule has 1 aromatic carbocycles. The summed E-state index contributed by atoms with van der Waals surface area (Å²) in [6.07, 6.45) is 0.323. The van der Waals surface area contributed by atoms with Crippen LogP contribution >= 0.6 is 0 Å². The normalized spacial score (nSPS) is 11.2. The van der Waals surface area contributed by atoms with Gasteiger partial charge >= 0.3 is 0 Å². The van der Waals surface area contributed by atoms with Crippen LogP contribution in [0.3, 0.4) is 0 Å². The summed E-state index contributed by atoms with van der Waals surface area (Å²) < 4.78 is 0. The Morgan fingerprint density at radius 1 is 1.16 bits per heavy atom. The molecule has 104 valence electrons. The highest BCUT2D eigenvalue weighted by Gasteiger charge is 2.14. The first kappa shape index (κ1) is 15.4. The van der Waals surface area contributed by atoms with Gasteiger partial charge in [0.1, 0.15) is 0 Å². The van der Waals surface area contributed by atoms with Crippen molar-refractivity contribution in [2.24, 2.45) is 0 Å². The Balaban J connectivity index is 2.38. The van der Waals surface area contributed by atoms with Crippen LogP contribution in [0.2, 0.25) is 0 Å². The molecule has 0 heterocycles. The van der Waals surface area contributed by atoms with E-state index in [4.69, 9.17) is 0 Å². The smallest absolute Gasteiger partial charge is 0.220 e. The van der Waals surface area contributed by atoms with Crippen LogP contribution in [-0.2, 0) is 4.79 Å². The average Bonchev–Trinajstić information content (AvgIpc) is 2.33. The summed E-state index contributed by atoms with van der Waals surface area (Å²) in [5.74, 6) is -0.263. The van der Waals surface area contributed by atoms with E-state index in [2.05, 4.69) is 5.32 Å². The molecule has 0 saturated heterocycles. The number of benzene rings is 1. The van der Waals surface area contributed by atoms with Crippen LogP contribution in [0, 0.1) is 6.92 Å². The Hall–Kier alpha value is -1.68. The van der Waals surface area contributed by atoms with Crippen molar-refractivity contribution in [3.8, 4) is 0 Å². The molecule has 4 nitrogen and oxygen atoms in total. The number of ketones is 1. The van der Waals surface area contributed by atoms with Crippen LogP contribution in [0.4, 0.5) is 0 Å². The number of hydrogen-bond donors (Lipinski definition) is 2. The molecule has 0 fully saturated rings. The van der Waals surface area contributed by atoms with Crippen LogP contribution in [-0.4, -0.2) is 28.9 Å². The second-order valence-electron chi connectivity index (χ2n) is 5.38. The highest BCUT2D eigenvalue weighted by atomic mass is 16.3. The molecule has 19 heavy (non-hydrogen) atoms. The summed E-state index contributed by atoms with van der Waals surface area (Å²) >= 11 is 0. The maximum Gasteiger partial charge on any atom is 0.220 e. The summed E-state index contributed by atoms with van der Waals surface area (Å²) in [5.41, 5.74) is 0.789. The molecular formula is C15H21NO3. The molecule has 0 aliphatic carbocycles. The van der Waals surface area contributed by atoms with Gasteiger partial charge in [-0.1, -0.05) is 29.8 Å². The third-order valence-corrected chi connectivity index (χ3v) is 2.67. The van der Waals surface area contributed by atoms with Crippen molar-refractivity contribution in [3.63, 3.8) is 0 Å². The number of carbonyl (C=O) groups is 2. The number of nitrogens with one attached hydrogen (secondary N) is 1. The molecule has 1 aromatic rings. The Labute approximate surface area is 113 Å². The third kappa shape index (κ3) is 6.15.